The zero-order valence-electron chi connectivity index (χ0n) is 10.1. The van der Waals surface area contributed by atoms with Crippen LogP contribution in [0.25, 0.3) is 0 Å². The third-order valence-corrected chi connectivity index (χ3v) is 0. The number of hydrogen-bond acceptors (Lipinski definition) is 4. The molecule has 0 rings (SSSR count). The van der Waals surface area contributed by atoms with Gasteiger partial charge in [0, 0.05) is 27.5 Å². The minimum absolute atomic E-state index is 0. The van der Waals surface area contributed by atoms with E-state index in [1.807, 2.05) is 0 Å². The molecule has 0 saturated heterocycles. The second-order valence-corrected chi connectivity index (χ2v) is 1.22. The van der Waals surface area contributed by atoms with Gasteiger partial charge in [-0.1, -0.05) is 0 Å². The van der Waals surface area contributed by atoms with E-state index < -0.39 is 10.4 Å². The summed E-state index contributed by atoms with van der Waals surface area (Å²) in [6.45, 7) is 0. The SMILES string of the molecule is C[NH3+].O.O.O.O.O.O.O.O.O.O.O.O.O=S(=O)([O-])[O-].[Fe]. The van der Waals surface area contributed by atoms with E-state index in [0.717, 1.165) is 0 Å². The first-order chi connectivity index (χ1) is 3.00. The van der Waals surface area contributed by atoms with Crippen molar-refractivity contribution in [2.75, 3.05) is 7.05 Å². The maximum absolute atomic E-state index is 8.52. The van der Waals surface area contributed by atoms with E-state index in [9.17, 15) is 0 Å². The van der Waals surface area contributed by atoms with E-state index in [0.29, 0.717) is 0 Å². The Kier molecular flexibility index (Phi) is 2610. The zero-order valence-corrected chi connectivity index (χ0v) is 12.0. The molecule has 0 amide bonds. The molecule has 0 bridgehead atoms. The quantitative estimate of drug-likeness (QED) is 0.235. The summed E-state index contributed by atoms with van der Waals surface area (Å²) in [4.78, 5) is 0. The Bertz CT molecular complexity index is 106. The van der Waals surface area contributed by atoms with Crippen molar-refractivity contribution >= 4 is 10.4 Å². The van der Waals surface area contributed by atoms with E-state index in [-0.39, 0.29) is 82.8 Å². The summed E-state index contributed by atoms with van der Waals surface area (Å²) >= 11 is 0. The Hall–Kier alpha value is -0.131. The Labute approximate surface area is 124 Å². The van der Waals surface area contributed by atoms with E-state index in [4.69, 9.17) is 17.5 Å². The summed E-state index contributed by atoms with van der Waals surface area (Å²) in [5.74, 6) is 0. The van der Waals surface area contributed by atoms with Gasteiger partial charge in [-0.2, -0.15) is 0 Å². The van der Waals surface area contributed by atoms with E-state index in [2.05, 4.69) is 5.73 Å². The fourth-order valence-corrected chi connectivity index (χ4v) is 0. The molecule has 0 aliphatic heterocycles. The standard InChI is InChI=1S/CH5N.Fe.H2O4S.12H2O/c1-2;;1-5(2,3)4;;;;;;;;;;;;/h2H2,1H3;;(H2,1,2,3,4);12*1H2/p-1. The Balaban J connectivity index is -0.00000000124. The van der Waals surface area contributed by atoms with Crippen LogP contribution in [-0.2, 0) is 27.5 Å². The van der Waals surface area contributed by atoms with Crippen LogP contribution in [0, 0.1) is 0 Å². The molecular weight excluding hydrogens is 370 g/mol. The summed E-state index contributed by atoms with van der Waals surface area (Å²) in [6.07, 6.45) is 0. The van der Waals surface area contributed by atoms with E-state index >= 15 is 0 Å². The van der Waals surface area contributed by atoms with Crippen LogP contribution in [0.2, 0.25) is 0 Å². The summed E-state index contributed by atoms with van der Waals surface area (Å²) in [5.41, 5.74) is 3.25. The molecule has 19 heteroatoms. The molecular formula is CH30FeNO16S-. The van der Waals surface area contributed by atoms with Gasteiger partial charge >= 0.3 is 0 Å². The molecule has 0 spiro atoms. The first-order valence-electron chi connectivity index (χ1n) is 1.37. The average molecular weight is 400 g/mol. The van der Waals surface area contributed by atoms with Crippen LogP contribution in [-0.4, -0.2) is 90.3 Å². The average Bonchev–Trinajstić information content (AvgIpc) is 1.36. The van der Waals surface area contributed by atoms with Gasteiger partial charge in [0.25, 0.3) is 0 Å². The van der Waals surface area contributed by atoms with Gasteiger partial charge in [-0.3, -0.25) is 8.42 Å². The zero-order chi connectivity index (χ0) is 6.50. The van der Waals surface area contributed by atoms with Gasteiger partial charge < -0.3 is 80.6 Å². The molecule has 0 aromatic rings. The third-order valence-electron chi connectivity index (χ3n) is 0. The van der Waals surface area contributed by atoms with Crippen molar-refractivity contribution in [3.8, 4) is 0 Å². The number of rotatable bonds is 0. The van der Waals surface area contributed by atoms with Gasteiger partial charge in [0.1, 0.15) is 0 Å². The molecule has 0 heterocycles. The molecule has 17 nitrogen and oxygen atoms in total. The Morgan fingerprint density at radius 2 is 0.550 bits per heavy atom. The van der Waals surface area contributed by atoms with Crippen LogP contribution in [0.3, 0.4) is 0 Å². The molecule has 0 aromatic carbocycles. The summed E-state index contributed by atoms with van der Waals surface area (Å²) in [7, 11) is -3.42. The summed E-state index contributed by atoms with van der Waals surface area (Å²) < 4.78 is 34.1. The molecule has 0 fully saturated rings. The predicted molar refractivity (Wildman–Crippen MR) is 62.7 cm³/mol. The maximum Gasteiger partial charge on any atom is 0.0634 e. The van der Waals surface area contributed by atoms with Crippen LogP contribution >= 0.6 is 0 Å². The Morgan fingerprint density at radius 3 is 0.550 bits per heavy atom. The van der Waals surface area contributed by atoms with Crippen molar-refractivity contribution in [3.63, 3.8) is 0 Å². The van der Waals surface area contributed by atoms with Crippen molar-refractivity contribution in [3.05, 3.63) is 0 Å². The van der Waals surface area contributed by atoms with Crippen LogP contribution in [0.1, 0.15) is 0 Å². The van der Waals surface area contributed by atoms with Crippen molar-refractivity contribution < 1.29 is 106 Å². The molecule has 0 radical (unpaired) electrons. The molecule has 0 saturated carbocycles. The van der Waals surface area contributed by atoms with Gasteiger partial charge in [-0.15, -0.1) is 0 Å². The molecule has 0 aliphatic carbocycles. The van der Waals surface area contributed by atoms with E-state index in [1.165, 1.54) is 0 Å². The van der Waals surface area contributed by atoms with Gasteiger partial charge in [0.2, 0.25) is 0 Å². The maximum atomic E-state index is 8.52. The monoisotopic (exact) mass is 400 g/mol. The Morgan fingerprint density at radius 1 is 0.550 bits per heavy atom. The molecule has 0 aliphatic rings. The first-order valence-corrected chi connectivity index (χ1v) is 2.71. The summed E-state index contributed by atoms with van der Waals surface area (Å²) in [6, 6.07) is 0. The number of quaternary nitrogens is 1. The molecule has 0 atom stereocenters. The van der Waals surface area contributed by atoms with Crippen molar-refractivity contribution in [2.45, 2.75) is 0 Å². The second kappa shape index (κ2) is 175. The topological polar surface area (TPSA) is 486 Å². The van der Waals surface area contributed by atoms with Crippen molar-refractivity contribution in [1.29, 1.82) is 0 Å². The van der Waals surface area contributed by atoms with Crippen LogP contribution in [0.15, 0.2) is 0 Å². The predicted octanol–water partition coefficient (Wildman–Crippen LogP) is -12.4. The molecule has 20 heavy (non-hydrogen) atoms. The van der Waals surface area contributed by atoms with Crippen LogP contribution in [0.4, 0.5) is 0 Å². The fourth-order valence-electron chi connectivity index (χ4n) is 0. The minimum atomic E-state index is -5.17. The van der Waals surface area contributed by atoms with Crippen molar-refractivity contribution in [1.82, 2.24) is 0 Å². The smallest absolute Gasteiger partial charge is 0.0634 e. The third kappa shape index (κ3) is 299000. The fraction of sp³-hybridized carbons (Fsp3) is 1.00. The van der Waals surface area contributed by atoms with Crippen molar-refractivity contribution in [2.24, 2.45) is 0 Å². The van der Waals surface area contributed by atoms with Gasteiger partial charge in [-0.05, 0) is 0 Å². The van der Waals surface area contributed by atoms with Crippen LogP contribution < -0.4 is 5.73 Å². The van der Waals surface area contributed by atoms with Crippen LogP contribution in [0.5, 0.6) is 0 Å². The molecule has 150 valence electrons. The normalized spacial score (nSPS) is 3.20. The van der Waals surface area contributed by atoms with Gasteiger partial charge in [-0.25, -0.2) is 0 Å². The molecule has 0 unspecified atom stereocenters. The van der Waals surface area contributed by atoms with Gasteiger partial charge in [0.15, 0.2) is 0 Å². The van der Waals surface area contributed by atoms with E-state index in [1.54, 1.807) is 7.05 Å². The van der Waals surface area contributed by atoms with Gasteiger partial charge in [0.05, 0.1) is 7.05 Å². The second-order valence-electron chi connectivity index (χ2n) is 0.408. The number of hydrogen-bond donors (Lipinski definition) is 1. The largest absolute Gasteiger partial charge is 0.759 e. The molecule has 27 N–H and O–H groups in total. The molecule has 0 aromatic heterocycles. The minimum Gasteiger partial charge on any atom is -0.759 e. The first kappa shape index (κ1) is 298. The summed E-state index contributed by atoms with van der Waals surface area (Å²) in [5, 5.41) is 0.